The van der Waals surface area contributed by atoms with E-state index in [4.69, 9.17) is 0 Å². The highest BCUT2D eigenvalue weighted by Gasteiger charge is 2.33. The molecule has 0 fully saturated rings. The predicted molar refractivity (Wildman–Crippen MR) is 161 cm³/mol. The number of sulfonamides is 1. The van der Waals surface area contributed by atoms with Crippen molar-refractivity contribution >= 4 is 27.5 Å². The van der Waals surface area contributed by atoms with Crippen molar-refractivity contribution in [3.8, 4) is 0 Å². The Kier molecular flexibility index (Phi) is 11.3. The summed E-state index contributed by atoms with van der Waals surface area (Å²) in [4.78, 5) is 28.9. The van der Waals surface area contributed by atoms with E-state index in [1.54, 1.807) is 41.3 Å². The fraction of sp³-hybridized carbons (Fsp3) is 0.375. The molecule has 0 saturated heterocycles. The largest absolute Gasteiger partial charge is 0.354 e. The summed E-state index contributed by atoms with van der Waals surface area (Å²) in [6.45, 7) is 8.02. The number of carbonyl (C=O) groups excluding carboxylic acids is 2. The lowest BCUT2D eigenvalue weighted by Crippen LogP contribution is -2.53. The summed E-state index contributed by atoms with van der Waals surface area (Å²) in [7, 11) is -4.07. The van der Waals surface area contributed by atoms with Gasteiger partial charge in [0.05, 0.1) is 10.6 Å². The molecule has 0 saturated carbocycles. The standard InChI is InChI=1S/C32H41N3O4S/c1-5-7-22-33-32(37)29(6-2)34(23-21-27-14-9-8-10-15-27)31(36)24-35(30-16-12-11-13-26(30)4)40(38,39)28-19-17-25(3)18-20-28/h8-20,29H,5-7,21-24H2,1-4H3,(H,33,37)/t29-/m0/s1. The SMILES string of the molecule is CCCCNC(=O)[C@H](CC)N(CCc1ccccc1)C(=O)CN(c1ccccc1C)S(=O)(=O)c1ccc(C)cc1. The smallest absolute Gasteiger partial charge is 0.264 e. The summed E-state index contributed by atoms with van der Waals surface area (Å²) in [5.74, 6) is -0.645. The van der Waals surface area contributed by atoms with Gasteiger partial charge < -0.3 is 10.2 Å². The Balaban J connectivity index is 1.99. The fourth-order valence-electron chi connectivity index (χ4n) is 4.60. The van der Waals surface area contributed by atoms with Gasteiger partial charge in [-0.05, 0) is 62.4 Å². The molecule has 0 aliphatic heterocycles. The Morgan fingerprint density at radius 3 is 2.15 bits per heavy atom. The molecule has 3 aromatic carbocycles. The quantitative estimate of drug-likeness (QED) is 0.271. The van der Waals surface area contributed by atoms with Gasteiger partial charge in [-0.3, -0.25) is 13.9 Å². The minimum Gasteiger partial charge on any atom is -0.354 e. The second kappa shape index (κ2) is 14.7. The second-order valence-electron chi connectivity index (χ2n) is 10.0. The first-order chi connectivity index (χ1) is 19.2. The average Bonchev–Trinajstić information content (AvgIpc) is 2.95. The van der Waals surface area contributed by atoms with Crippen LogP contribution in [0.3, 0.4) is 0 Å². The first kappa shape index (κ1) is 30.9. The van der Waals surface area contributed by atoms with Crippen LogP contribution in [0.2, 0.25) is 0 Å². The molecular weight excluding hydrogens is 522 g/mol. The molecule has 0 bridgehead atoms. The highest BCUT2D eigenvalue weighted by molar-refractivity contribution is 7.92. The number of hydrogen-bond donors (Lipinski definition) is 1. The van der Waals surface area contributed by atoms with Crippen molar-refractivity contribution in [2.75, 3.05) is 23.9 Å². The second-order valence-corrected chi connectivity index (χ2v) is 11.9. The Labute approximate surface area is 239 Å². The monoisotopic (exact) mass is 563 g/mol. The Morgan fingerprint density at radius 1 is 0.875 bits per heavy atom. The van der Waals surface area contributed by atoms with Gasteiger partial charge in [0.1, 0.15) is 12.6 Å². The van der Waals surface area contributed by atoms with E-state index in [1.165, 1.54) is 4.31 Å². The number of nitrogens with one attached hydrogen (secondary N) is 1. The van der Waals surface area contributed by atoms with Crippen molar-refractivity contribution in [3.05, 3.63) is 95.6 Å². The molecule has 1 N–H and O–H groups in total. The summed E-state index contributed by atoms with van der Waals surface area (Å²) in [6.07, 6.45) is 2.74. The van der Waals surface area contributed by atoms with Crippen molar-refractivity contribution < 1.29 is 18.0 Å². The molecule has 0 aromatic heterocycles. The Morgan fingerprint density at radius 2 is 1.52 bits per heavy atom. The third-order valence-corrected chi connectivity index (χ3v) is 8.75. The van der Waals surface area contributed by atoms with Gasteiger partial charge in [-0.15, -0.1) is 0 Å². The van der Waals surface area contributed by atoms with Gasteiger partial charge in [0.2, 0.25) is 11.8 Å². The minimum atomic E-state index is -4.07. The maximum atomic E-state index is 14.1. The van der Waals surface area contributed by atoms with Crippen LogP contribution in [-0.4, -0.2) is 50.8 Å². The van der Waals surface area contributed by atoms with Gasteiger partial charge in [-0.2, -0.15) is 0 Å². The molecular formula is C32H41N3O4S. The van der Waals surface area contributed by atoms with Crippen LogP contribution in [0.25, 0.3) is 0 Å². The number of nitrogens with zero attached hydrogens (tertiary/aromatic N) is 2. The molecule has 2 amide bonds. The van der Waals surface area contributed by atoms with Crippen molar-refractivity contribution in [1.29, 1.82) is 0 Å². The molecule has 7 nitrogen and oxygen atoms in total. The summed E-state index contributed by atoms with van der Waals surface area (Å²) >= 11 is 0. The van der Waals surface area contributed by atoms with Gasteiger partial charge >= 0.3 is 0 Å². The highest BCUT2D eigenvalue weighted by atomic mass is 32.2. The third kappa shape index (κ3) is 7.94. The summed E-state index contributed by atoms with van der Waals surface area (Å²) in [6, 6.07) is 22.8. The number of carbonyl (C=O) groups is 2. The van der Waals surface area contributed by atoms with Crippen molar-refractivity contribution in [2.45, 2.75) is 64.3 Å². The van der Waals surface area contributed by atoms with Crippen LogP contribution in [0, 0.1) is 13.8 Å². The van der Waals surface area contributed by atoms with Gasteiger partial charge in [0, 0.05) is 13.1 Å². The number of anilines is 1. The zero-order valence-corrected chi connectivity index (χ0v) is 24.8. The highest BCUT2D eigenvalue weighted by Crippen LogP contribution is 2.27. The molecule has 1 atom stereocenters. The number of para-hydroxylation sites is 1. The van der Waals surface area contributed by atoms with Gasteiger partial charge in [0.25, 0.3) is 10.0 Å². The predicted octanol–water partition coefficient (Wildman–Crippen LogP) is 5.26. The number of unbranched alkanes of at least 4 members (excludes halogenated alkanes) is 1. The van der Waals surface area contributed by atoms with E-state index >= 15 is 0 Å². The van der Waals surface area contributed by atoms with E-state index in [0.29, 0.717) is 25.1 Å². The molecule has 3 aromatic rings. The molecule has 40 heavy (non-hydrogen) atoms. The van der Waals surface area contributed by atoms with E-state index in [-0.39, 0.29) is 17.3 Å². The zero-order chi connectivity index (χ0) is 29.1. The molecule has 0 spiro atoms. The average molecular weight is 564 g/mol. The van der Waals surface area contributed by atoms with E-state index in [0.717, 1.165) is 29.5 Å². The summed E-state index contributed by atoms with van der Waals surface area (Å²) in [5.41, 5.74) is 3.13. The van der Waals surface area contributed by atoms with Crippen molar-refractivity contribution in [1.82, 2.24) is 10.2 Å². The number of rotatable bonds is 14. The molecule has 0 heterocycles. The molecule has 0 radical (unpaired) electrons. The van der Waals surface area contributed by atoms with E-state index in [2.05, 4.69) is 5.32 Å². The number of amides is 2. The lowest BCUT2D eigenvalue weighted by atomic mass is 10.1. The van der Waals surface area contributed by atoms with Crippen LogP contribution in [0.15, 0.2) is 83.8 Å². The fourth-order valence-corrected chi connectivity index (χ4v) is 6.07. The van der Waals surface area contributed by atoms with Crippen LogP contribution in [0.4, 0.5) is 5.69 Å². The molecule has 3 rings (SSSR count). The topological polar surface area (TPSA) is 86.8 Å². The Hall–Kier alpha value is -3.65. The van der Waals surface area contributed by atoms with E-state index in [1.807, 2.05) is 70.2 Å². The van der Waals surface area contributed by atoms with Crippen LogP contribution in [0.5, 0.6) is 0 Å². The van der Waals surface area contributed by atoms with Gasteiger partial charge in [-0.1, -0.05) is 86.5 Å². The molecule has 8 heteroatoms. The van der Waals surface area contributed by atoms with Crippen molar-refractivity contribution in [3.63, 3.8) is 0 Å². The third-order valence-electron chi connectivity index (χ3n) is 6.97. The molecule has 0 unspecified atom stereocenters. The van der Waals surface area contributed by atoms with Crippen LogP contribution < -0.4 is 9.62 Å². The van der Waals surface area contributed by atoms with Crippen LogP contribution in [0.1, 0.15) is 49.8 Å². The van der Waals surface area contributed by atoms with Crippen LogP contribution in [-0.2, 0) is 26.0 Å². The Bertz CT molecular complexity index is 1360. The minimum absolute atomic E-state index is 0.106. The maximum Gasteiger partial charge on any atom is 0.264 e. The van der Waals surface area contributed by atoms with Crippen molar-refractivity contribution in [2.24, 2.45) is 0 Å². The molecule has 0 aliphatic rings. The normalized spacial score (nSPS) is 12.0. The summed E-state index contributed by atoms with van der Waals surface area (Å²) in [5, 5.41) is 2.96. The summed E-state index contributed by atoms with van der Waals surface area (Å²) < 4.78 is 29.1. The first-order valence-corrected chi connectivity index (χ1v) is 15.4. The number of hydrogen-bond acceptors (Lipinski definition) is 4. The van der Waals surface area contributed by atoms with E-state index in [9.17, 15) is 18.0 Å². The first-order valence-electron chi connectivity index (χ1n) is 13.9. The number of aryl methyl sites for hydroxylation is 2. The maximum absolute atomic E-state index is 14.1. The van der Waals surface area contributed by atoms with E-state index < -0.39 is 28.5 Å². The van der Waals surface area contributed by atoms with Crippen LogP contribution >= 0.6 is 0 Å². The van der Waals surface area contributed by atoms with Gasteiger partial charge in [-0.25, -0.2) is 8.42 Å². The molecule has 214 valence electrons. The number of benzene rings is 3. The zero-order valence-electron chi connectivity index (χ0n) is 24.0. The molecule has 0 aliphatic carbocycles. The van der Waals surface area contributed by atoms with Gasteiger partial charge in [0.15, 0.2) is 0 Å². The lowest BCUT2D eigenvalue weighted by molar-refractivity contribution is -0.139. The lowest BCUT2D eigenvalue weighted by Gasteiger charge is -2.33.